The highest BCUT2D eigenvalue weighted by Gasteiger charge is 2.20. The molecule has 0 radical (unpaired) electrons. The van der Waals surface area contributed by atoms with Crippen molar-refractivity contribution in [1.29, 1.82) is 0 Å². The zero-order valence-corrected chi connectivity index (χ0v) is 9.47. The Balaban J connectivity index is 3.48. The van der Waals surface area contributed by atoms with Crippen molar-refractivity contribution in [2.24, 2.45) is 0 Å². The number of carboxylic acids is 1. The lowest BCUT2D eigenvalue weighted by atomic mass is 10.1. The maximum absolute atomic E-state index is 11.1. The van der Waals surface area contributed by atoms with Gasteiger partial charge in [0.05, 0.1) is 10.5 Å². The molecule has 0 atom stereocenters. The Bertz CT molecular complexity index is 493. The topological polar surface area (TPSA) is 71.4 Å². The summed E-state index contributed by atoms with van der Waals surface area (Å²) in [6.45, 7) is 1.84. The van der Waals surface area contributed by atoms with Crippen molar-refractivity contribution < 1.29 is 18.3 Å². The zero-order chi connectivity index (χ0) is 11.6. The summed E-state index contributed by atoms with van der Waals surface area (Å²) in [6, 6.07) is 4.07. The third-order valence-electron chi connectivity index (χ3n) is 1.95. The largest absolute Gasteiger partial charge is 0.478 e. The predicted molar refractivity (Wildman–Crippen MR) is 55.8 cm³/mol. The van der Waals surface area contributed by atoms with Gasteiger partial charge < -0.3 is 5.11 Å². The molecule has 0 unspecified atom stereocenters. The molecule has 0 aromatic heterocycles. The molecule has 15 heavy (non-hydrogen) atoms. The molecule has 1 aromatic rings. The summed E-state index contributed by atoms with van der Waals surface area (Å²) in [5.41, 5.74) is 0.459. The highest BCUT2D eigenvalue weighted by Crippen LogP contribution is 2.21. The third-order valence-corrected chi connectivity index (χ3v) is 3.33. The van der Waals surface area contributed by atoms with Crippen LogP contribution in [-0.4, -0.2) is 19.5 Å². The molecule has 0 aliphatic carbocycles. The fraction of sp³-hybridized carbons (Fsp3) is 0.222. The Morgan fingerprint density at radius 1 is 1.47 bits per heavy atom. The average molecular weight is 249 g/mol. The van der Waals surface area contributed by atoms with E-state index in [1.807, 2.05) is 6.92 Å². The first-order chi connectivity index (χ1) is 6.86. The summed E-state index contributed by atoms with van der Waals surface area (Å²) in [7, 11) is 1.10. The number of benzene rings is 1. The van der Waals surface area contributed by atoms with E-state index in [1.165, 1.54) is 12.1 Å². The van der Waals surface area contributed by atoms with Gasteiger partial charge in [0.15, 0.2) is 0 Å². The van der Waals surface area contributed by atoms with Crippen molar-refractivity contribution >= 4 is 25.7 Å². The van der Waals surface area contributed by atoms with Crippen LogP contribution in [-0.2, 0) is 15.5 Å². The van der Waals surface area contributed by atoms with Gasteiger partial charge in [-0.2, -0.15) is 0 Å². The lowest BCUT2D eigenvalue weighted by Gasteiger charge is -2.04. The molecule has 6 heteroatoms. The lowest BCUT2D eigenvalue weighted by molar-refractivity contribution is 0.0692. The van der Waals surface area contributed by atoms with Crippen molar-refractivity contribution in [2.75, 3.05) is 0 Å². The minimum absolute atomic E-state index is 0.288. The second kappa shape index (κ2) is 4.20. The smallest absolute Gasteiger partial charge is 0.337 e. The number of hydrogen-bond acceptors (Lipinski definition) is 3. The molecular weight excluding hydrogens is 240 g/mol. The summed E-state index contributed by atoms with van der Waals surface area (Å²) < 4.78 is 22.1. The van der Waals surface area contributed by atoms with Crippen LogP contribution >= 0.6 is 10.7 Å². The van der Waals surface area contributed by atoms with Gasteiger partial charge >= 0.3 is 5.97 Å². The Kier molecular flexibility index (Phi) is 3.36. The van der Waals surface area contributed by atoms with Crippen LogP contribution in [0.5, 0.6) is 0 Å². The van der Waals surface area contributed by atoms with Gasteiger partial charge in [-0.1, -0.05) is 13.0 Å². The summed E-state index contributed by atoms with van der Waals surface area (Å²) in [6.07, 6.45) is 0.628. The molecule has 0 spiro atoms. The van der Waals surface area contributed by atoms with E-state index in [2.05, 4.69) is 0 Å². The second-order valence-corrected chi connectivity index (χ2v) is 5.46. The normalized spacial score (nSPS) is 11.3. The van der Waals surface area contributed by atoms with Gasteiger partial charge in [-0.05, 0) is 24.1 Å². The maximum atomic E-state index is 11.1. The summed E-state index contributed by atoms with van der Waals surface area (Å²) in [4.78, 5) is 10.4. The van der Waals surface area contributed by atoms with E-state index in [0.29, 0.717) is 6.42 Å². The first-order valence-electron chi connectivity index (χ1n) is 4.17. The predicted octanol–water partition coefficient (Wildman–Crippen LogP) is 1.87. The van der Waals surface area contributed by atoms with E-state index in [0.717, 1.165) is 5.56 Å². The fourth-order valence-corrected chi connectivity index (χ4v) is 2.22. The molecule has 0 fully saturated rings. The molecule has 0 heterocycles. The number of hydrogen-bond donors (Lipinski definition) is 1. The lowest BCUT2D eigenvalue weighted by Crippen LogP contribution is -2.05. The van der Waals surface area contributed by atoms with Crippen molar-refractivity contribution in [3.05, 3.63) is 29.3 Å². The molecule has 0 bridgehead atoms. The van der Waals surface area contributed by atoms with Gasteiger partial charge in [0.2, 0.25) is 0 Å². The van der Waals surface area contributed by atoms with E-state index < -0.39 is 15.0 Å². The SMILES string of the molecule is CCc1ccc(S(=O)(=O)Cl)c(C(=O)O)c1. The average Bonchev–Trinajstić information content (AvgIpc) is 2.15. The first kappa shape index (κ1) is 12.0. The standard InChI is InChI=1S/C9H9ClO4S/c1-2-6-3-4-8(15(10,13)14)7(5-6)9(11)12/h3-5H,2H2,1H3,(H,11,12). The molecule has 0 aliphatic rings. The minimum Gasteiger partial charge on any atom is -0.478 e. The quantitative estimate of drug-likeness (QED) is 0.829. The summed E-state index contributed by atoms with van der Waals surface area (Å²) in [5, 5.41) is 8.83. The maximum Gasteiger partial charge on any atom is 0.337 e. The van der Waals surface area contributed by atoms with E-state index in [-0.39, 0.29) is 10.5 Å². The molecule has 0 saturated heterocycles. The monoisotopic (exact) mass is 248 g/mol. The first-order valence-corrected chi connectivity index (χ1v) is 6.48. The van der Waals surface area contributed by atoms with Gasteiger partial charge in [0, 0.05) is 10.7 Å². The van der Waals surface area contributed by atoms with Crippen molar-refractivity contribution in [1.82, 2.24) is 0 Å². The Morgan fingerprint density at radius 3 is 2.47 bits per heavy atom. The van der Waals surface area contributed by atoms with E-state index in [4.69, 9.17) is 15.8 Å². The molecular formula is C9H9ClO4S. The van der Waals surface area contributed by atoms with Crippen LogP contribution in [0.15, 0.2) is 23.1 Å². The Labute approximate surface area is 91.9 Å². The third kappa shape index (κ3) is 2.70. The molecule has 1 N–H and O–H groups in total. The van der Waals surface area contributed by atoms with Crippen LogP contribution in [0.2, 0.25) is 0 Å². The van der Waals surface area contributed by atoms with Crippen molar-refractivity contribution in [3.8, 4) is 0 Å². The molecule has 1 rings (SSSR count). The molecule has 0 aliphatic heterocycles. The molecule has 0 amide bonds. The minimum atomic E-state index is -4.01. The number of aromatic carboxylic acids is 1. The van der Waals surface area contributed by atoms with Crippen molar-refractivity contribution in [2.45, 2.75) is 18.2 Å². The Hall–Kier alpha value is -1.07. The van der Waals surface area contributed by atoms with E-state index >= 15 is 0 Å². The van der Waals surface area contributed by atoms with Gasteiger partial charge in [-0.3, -0.25) is 0 Å². The number of carbonyl (C=O) groups is 1. The number of carboxylic acid groups (broad SMARTS) is 1. The van der Waals surface area contributed by atoms with Gasteiger partial charge in [-0.15, -0.1) is 0 Å². The number of halogens is 1. The number of rotatable bonds is 3. The van der Waals surface area contributed by atoms with Crippen LogP contribution in [0.1, 0.15) is 22.8 Å². The van der Waals surface area contributed by atoms with Gasteiger partial charge in [0.25, 0.3) is 9.05 Å². The second-order valence-electron chi connectivity index (χ2n) is 2.93. The van der Waals surface area contributed by atoms with Crippen LogP contribution < -0.4 is 0 Å². The molecule has 82 valence electrons. The molecule has 4 nitrogen and oxygen atoms in total. The summed E-state index contributed by atoms with van der Waals surface area (Å²) in [5.74, 6) is -1.30. The van der Waals surface area contributed by atoms with Crippen molar-refractivity contribution in [3.63, 3.8) is 0 Å². The van der Waals surface area contributed by atoms with E-state index in [1.54, 1.807) is 6.07 Å². The van der Waals surface area contributed by atoms with Crippen LogP contribution in [0.3, 0.4) is 0 Å². The fourth-order valence-electron chi connectivity index (χ4n) is 1.18. The van der Waals surface area contributed by atoms with Crippen LogP contribution in [0, 0.1) is 0 Å². The molecule has 0 saturated carbocycles. The van der Waals surface area contributed by atoms with E-state index in [9.17, 15) is 13.2 Å². The Morgan fingerprint density at radius 2 is 2.07 bits per heavy atom. The highest BCUT2D eigenvalue weighted by molar-refractivity contribution is 8.13. The van der Waals surface area contributed by atoms with Crippen LogP contribution in [0.4, 0.5) is 0 Å². The molecule has 1 aromatic carbocycles. The van der Waals surface area contributed by atoms with Crippen LogP contribution in [0.25, 0.3) is 0 Å². The summed E-state index contributed by atoms with van der Waals surface area (Å²) >= 11 is 0. The highest BCUT2D eigenvalue weighted by atomic mass is 35.7. The van der Waals surface area contributed by atoms with Gasteiger partial charge in [-0.25, -0.2) is 13.2 Å². The number of aryl methyl sites for hydroxylation is 1. The zero-order valence-electron chi connectivity index (χ0n) is 7.90. The van der Waals surface area contributed by atoms with Gasteiger partial charge in [0.1, 0.15) is 0 Å².